The van der Waals surface area contributed by atoms with E-state index in [1.54, 1.807) is 47.1 Å². The van der Waals surface area contributed by atoms with Gasteiger partial charge in [0.15, 0.2) is 5.60 Å². The van der Waals surface area contributed by atoms with Crippen molar-refractivity contribution < 1.29 is 38.2 Å². The molecule has 0 bridgehead atoms. The Morgan fingerprint density at radius 2 is 2.02 bits per heavy atom. The van der Waals surface area contributed by atoms with Crippen molar-refractivity contribution in [2.45, 2.75) is 88.9 Å². The molecule has 3 N–H and O–H groups in total. The fourth-order valence-electron chi connectivity index (χ4n) is 6.44. The molecule has 1 fully saturated rings. The van der Waals surface area contributed by atoms with Crippen LogP contribution in [0.5, 0.6) is 0 Å². The Morgan fingerprint density at radius 3 is 2.67 bits per heavy atom. The molecule has 0 saturated carbocycles. The first-order valence-electron chi connectivity index (χ1n) is 14.7. The second kappa shape index (κ2) is 13.2. The number of hydrogen-bond acceptors (Lipinski definition) is 9. The number of fused-ring (bicyclic) bond motifs is 2. The maximum absolute atomic E-state index is 16.1. The lowest BCUT2D eigenvalue weighted by molar-refractivity contribution is -0.146. The molecule has 43 heavy (non-hydrogen) atoms. The van der Waals surface area contributed by atoms with E-state index < -0.39 is 43.6 Å². The van der Waals surface area contributed by atoms with E-state index in [0.717, 1.165) is 0 Å². The number of ether oxygens (including phenoxy) is 2. The van der Waals surface area contributed by atoms with Crippen molar-refractivity contribution in [2.75, 3.05) is 30.5 Å². The van der Waals surface area contributed by atoms with Gasteiger partial charge in [-0.1, -0.05) is 12.1 Å². The Bertz CT molecular complexity index is 1330. The number of aryl methyl sites for hydroxylation is 1. The maximum atomic E-state index is 16.1. The number of aromatic nitrogens is 3. The minimum atomic E-state index is -3.39. The number of methoxy groups -OCH3 is 1. The number of nitrogens with zero attached hydrogens (tertiary/aromatic N) is 4. The number of esters is 1. The van der Waals surface area contributed by atoms with Gasteiger partial charge in [0.25, 0.3) is 11.8 Å². The Kier molecular flexibility index (Phi) is 10.0. The van der Waals surface area contributed by atoms with E-state index in [2.05, 4.69) is 15.6 Å². The minimum Gasteiger partial charge on any atom is -0.469 e. The third-order valence-electron chi connectivity index (χ3n) is 8.44. The highest BCUT2D eigenvalue weighted by atomic mass is 28.4. The molecule has 0 radical (unpaired) electrons. The molecule has 1 spiro atoms. The third-order valence-corrected chi connectivity index (χ3v) is 10.9. The molecule has 1 aromatic heterocycles. The molecule has 236 valence electrons. The van der Waals surface area contributed by atoms with E-state index >= 15 is 4.11 Å². The predicted molar refractivity (Wildman–Crippen MR) is 158 cm³/mol. The lowest BCUT2D eigenvalue weighted by Crippen LogP contribution is -2.45. The quantitative estimate of drug-likeness (QED) is 0.133. The van der Waals surface area contributed by atoms with Gasteiger partial charge in [-0.3, -0.25) is 19.1 Å². The number of benzene rings is 1. The molecular weight excluding hydrogens is 577 g/mol. The molecule has 0 aliphatic carbocycles. The van der Waals surface area contributed by atoms with Gasteiger partial charge in [-0.25, -0.2) is 0 Å². The Labute approximate surface area is 251 Å². The van der Waals surface area contributed by atoms with Crippen molar-refractivity contribution in [1.82, 2.24) is 15.0 Å². The van der Waals surface area contributed by atoms with Crippen LogP contribution in [-0.2, 0) is 42.4 Å². The van der Waals surface area contributed by atoms with Crippen molar-refractivity contribution in [2.24, 2.45) is 5.92 Å². The number of aliphatic hydroxyl groups is 2. The summed E-state index contributed by atoms with van der Waals surface area (Å²) >= 11 is 0. The van der Waals surface area contributed by atoms with Gasteiger partial charge in [0.05, 0.1) is 24.6 Å². The maximum Gasteiger partial charge on any atom is 0.305 e. The first-order valence-corrected chi connectivity index (χ1v) is 17.7. The molecule has 4 rings (SSSR count). The number of amides is 2. The molecular formula is C29H42FN5O7Si. The summed E-state index contributed by atoms with van der Waals surface area (Å²) in [6.45, 7) is 7.13. The molecule has 14 heteroatoms. The van der Waals surface area contributed by atoms with Crippen molar-refractivity contribution in [3.8, 4) is 0 Å². The van der Waals surface area contributed by atoms with Gasteiger partial charge in [-0.2, -0.15) is 0 Å². The van der Waals surface area contributed by atoms with Crippen molar-refractivity contribution in [3.63, 3.8) is 0 Å². The SMILES string of the molecule is COC(=O)CCCCN1C(=O)[C@]2(O[C@H](CCn3cc(CCO)nn3)[C@@H]([Si](C)(C)F)[C@@H]2C)c2cc(NC(=O)[C@H](C)O)ccc21. The zero-order valence-electron chi connectivity index (χ0n) is 25.4. The summed E-state index contributed by atoms with van der Waals surface area (Å²) in [4.78, 5) is 40.0. The molecule has 2 aliphatic rings. The summed E-state index contributed by atoms with van der Waals surface area (Å²) < 4.78 is 29.2. The average molecular weight is 620 g/mol. The van der Waals surface area contributed by atoms with E-state index in [9.17, 15) is 24.6 Å². The Balaban J connectivity index is 1.69. The van der Waals surface area contributed by atoms with E-state index in [-0.39, 0.29) is 24.9 Å². The first-order chi connectivity index (χ1) is 20.3. The molecule has 5 atom stereocenters. The standard InChI is InChI=1S/C29H42FN5O7Si/c1-18-26(43(4,5)30)24(11-14-34-17-21(12-15-36)32-33-34)42-29(18)22-16-20(31-27(39)19(2)37)9-10-23(22)35(28(29)40)13-7-6-8-25(38)41-3/h9-10,16-19,24,26,36-37H,6-8,11-15H2,1-5H3,(H,31,39)/t18-,19-,24+,26-,29+/m0/s1. The first kappa shape index (κ1) is 32.7. The molecule has 3 heterocycles. The number of aliphatic hydroxyl groups excluding tert-OH is 2. The summed E-state index contributed by atoms with van der Waals surface area (Å²) in [6.07, 6.45) is 1.94. The topological polar surface area (TPSA) is 156 Å². The number of anilines is 2. The molecule has 2 aromatic rings. The highest BCUT2D eigenvalue weighted by molar-refractivity contribution is 6.72. The zero-order valence-corrected chi connectivity index (χ0v) is 26.4. The van der Waals surface area contributed by atoms with Gasteiger partial charge >= 0.3 is 5.97 Å². The van der Waals surface area contributed by atoms with Crippen LogP contribution in [0, 0.1) is 5.92 Å². The van der Waals surface area contributed by atoms with E-state index in [1.165, 1.54) is 14.0 Å². The summed E-state index contributed by atoms with van der Waals surface area (Å²) in [5, 5.41) is 29.8. The molecule has 1 aromatic carbocycles. The number of unbranched alkanes of at least 4 members (excludes halogenated alkanes) is 1. The monoisotopic (exact) mass is 619 g/mol. The van der Waals surface area contributed by atoms with Gasteiger partial charge in [0, 0.05) is 61.4 Å². The summed E-state index contributed by atoms with van der Waals surface area (Å²) in [6, 6.07) is 5.07. The van der Waals surface area contributed by atoms with E-state index in [1.807, 2.05) is 6.92 Å². The van der Waals surface area contributed by atoms with Crippen LogP contribution in [0.1, 0.15) is 50.8 Å². The molecule has 2 amide bonds. The summed E-state index contributed by atoms with van der Waals surface area (Å²) in [5.74, 6) is -1.75. The zero-order chi connectivity index (χ0) is 31.5. The van der Waals surface area contributed by atoms with Crippen molar-refractivity contribution in [3.05, 3.63) is 35.7 Å². The van der Waals surface area contributed by atoms with Crippen molar-refractivity contribution >= 4 is 37.6 Å². The van der Waals surface area contributed by atoms with Crippen LogP contribution < -0.4 is 10.2 Å². The Morgan fingerprint density at radius 1 is 1.28 bits per heavy atom. The second-order valence-corrected chi connectivity index (χ2v) is 15.7. The molecule has 2 aliphatic heterocycles. The largest absolute Gasteiger partial charge is 0.469 e. The number of nitrogens with one attached hydrogen (secondary N) is 1. The van der Waals surface area contributed by atoms with Gasteiger partial charge < -0.3 is 34.0 Å². The van der Waals surface area contributed by atoms with Gasteiger partial charge in [0.2, 0.25) is 8.41 Å². The fraction of sp³-hybridized carbons (Fsp3) is 0.621. The number of halogens is 1. The van der Waals surface area contributed by atoms with Gasteiger partial charge in [-0.05, 0) is 57.5 Å². The van der Waals surface area contributed by atoms with Gasteiger partial charge in [-0.15, -0.1) is 5.10 Å². The molecule has 12 nitrogen and oxygen atoms in total. The highest BCUT2D eigenvalue weighted by Gasteiger charge is 2.66. The minimum absolute atomic E-state index is 0.0471. The molecule has 1 saturated heterocycles. The van der Waals surface area contributed by atoms with Crippen LogP contribution in [0.4, 0.5) is 15.5 Å². The predicted octanol–water partition coefficient (Wildman–Crippen LogP) is 2.69. The van der Waals surface area contributed by atoms with E-state index in [4.69, 9.17) is 9.47 Å². The third kappa shape index (κ3) is 6.66. The van der Waals surface area contributed by atoms with Crippen LogP contribution in [0.2, 0.25) is 18.6 Å². The van der Waals surface area contributed by atoms with Gasteiger partial charge in [0.1, 0.15) is 6.10 Å². The summed E-state index contributed by atoms with van der Waals surface area (Å²) in [5.41, 5.74) is 0.159. The fourth-order valence-corrected chi connectivity index (χ4v) is 8.98. The van der Waals surface area contributed by atoms with E-state index in [0.29, 0.717) is 61.4 Å². The number of rotatable bonds is 13. The van der Waals surface area contributed by atoms with Crippen LogP contribution in [-0.4, -0.2) is 83.9 Å². The highest BCUT2D eigenvalue weighted by Crippen LogP contribution is 2.60. The number of hydrogen-bond donors (Lipinski definition) is 3. The lowest BCUT2D eigenvalue weighted by Gasteiger charge is -2.31. The summed E-state index contributed by atoms with van der Waals surface area (Å²) in [7, 11) is -2.06. The smallest absolute Gasteiger partial charge is 0.305 e. The van der Waals surface area contributed by atoms with Crippen LogP contribution in [0.15, 0.2) is 24.4 Å². The number of carbonyl (C=O) groups excluding carboxylic acids is 3. The Hall–Kier alpha value is -3.20. The lowest BCUT2D eigenvalue weighted by atomic mass is 9.82. The normalized spacial score (nSPS) is 24.0. The van der Waals surface area contributed by atoms with Crippen molar-refractivity contribution in [1.29, 1.82) is 0 Å². The molecule has 0 unspecified atom stereocenters. The van der Waals surface area contributed by atoms with Crippen LogP contribution in [0.25, 0.3) is 0 Å². The van der Waals surface area contributed by atoms with Crippen LogP contribution >= 0.6 is 0 Å². The second-order valence-electron chi connectivity index (χ2n) is 11.9. The average Bonchev–Trinajstić information content (AvgIpc) is 3.59. The van der Waals surface area contributed by atoms with Crippen LogP contribution in [0.3, 0.4) is 0 Å². The number of carbonyl (C=O) groups is 3.